The Balaban J connectivity index is 2.54. The van der Waals surface area contributed by atoms with Crippen molar-refractivity contribution in [2.24, 2.45) is 0 Å². The summed E-state index contributed by atoms with van der Waals surface area (Å²) < 4.78 is 33.3. The van der Waals surface area contributed by atoms with Gasteiger partial charge in [0.25, 0.3) is 0 Å². The Morgan fingerprint density at radius 2 is 1.00 bits per heavy atom. The van der Waals surface area contributed by atoms with Crippen LogP contribution in [-0.2, 0) is 32.7 Å². The average Bonchev–Trinajstić information content (AvgIpc) is 3.16. The topological polar surface area (TPSA) is 210 Å². The molecule has 0 heterocycles. The van der Waals surface area contributed by atoms with E-state index in [0.717, 1.165) is 38.5 Å². The standard InChI is InChI=1S/C41H73O13P/c1-3-5-7-9-11-13-14-15-16-17-18-19-20-22-24-26-28-30-35(43)53-33(31-51-34(42)29-27-25-23-21-12-10-8-6-4-2)32-52-55(49,50)54-41-39(47)37(45)36(44)38(46)40(41)48/h15-16,18-19,22,24,33,36-41,44-48H,3-14,17,20-21,23,25-32H2,1-2H3,(H,49,50)/b16-15+,19-18+,24-22+/t33-,36?,37-,38?,39?,40?,41?/m1/s1. The van der Waals surface area contributed by atoms with Crippen molar-refractivity contribution in [1.82, 2.24) is 0 Å². The van der Waals surface area contributed by atoms with E-state index in [-0.39, 0.29) is 12.8 Å². The van der Waals surface area contributed by atoms with Crippen molar-refractivity contribution in [2.75, 3.05) is 13.2 Å². The van der Waals surface area contributed by atoms with E-state index in [1.54, 1.807) is 0 Å². The van der Waals surface area contributed by atoms with Gasteiger partial charge < -0.3 is 39.9 Å². The molecule has 0 saturated heterocycles. The van der Waals surface area contributed by atoms with Crippen LogP contribution in [0.3, 0.4) is 0 Å². The summed E-state index contributed by atoms with van der Waals surface area (Å²) in [5.41, 5.74) is 0. The highest BCUT2D eigenvalue weighted by Crippen LogP contribution is 2.47. The van der Waals surface area contributed by atoms with Gasteiger partial charge in [0.15, 0.2) is 6.10 Å². The number of phosphoric acid groups is 1. The molecule has 1 aliphatic carbocycles. The van der Waals surface area contributed by atoms with Crippen LogP contribution in [0.2, 0.25) is 0 Å². The van der Waals surface area contributed by atoms with Crippen molar-refractivity contribution in [1.29, 1.82) is 0 Å². The van der Waals surface area contributed by atoms with Crippen molar-refractivity contribution in [3.63, 3.8) is 0 Å². The summed E-state index contributed by atoms with van der Waals surface area (Å²) in [5.74, 6) is -1.16. The zero-order valence-electron chi connectivity index (χ0n) is 33.5. The number of unbranched alkanes of at least 4 members (excludes halogenated alkanes) is 15. The molecule has 8 atom stereocenters. The maximum absolute atomic E-state index is 12.7. The number of hydrogen-bond acceptors (Lipinski definition) is 12. The molecular formula is C41H73O13P. The van der Waals surface area contributed by atoms with Crippen LogP contribution >= 0.6 is 7.82 Å². The van der Waals surface area contributed by atoms with Crippen molar-refractivity contribution in [3.05, 3.63) is 36.5 Å². The first kappa shape index (κ1) is 51.1. The van der Waals surface area contributed by atoms with Crippen molar-refractivity contribution in [2.45, 2.75) is 198 Å². The van der Waals surface area contributed by atoms with Gasteiger partial charge in [-0.3, -0.25) is 18.6 Å². The molecule has 0 radical (unpaired) electrons. The van der Waals surface area contributed by atoms with Crippen molar-refractivity contribution >= 4 is 19.8 Å². The Morgan fingerprint density at radius 3 is 1.55 bits per heavy atom. The van der Waals surface area contributed by atoms with E-state index < -0.39 is 75.7 Å². The first-order valence-corrected chi connectivity index (χ1v) is 22.3. The predicted molar refractivity (Wildman–Crippen MR) is 212 cm³/mol. The second-order valence-electron chi connectivity index (χ2n) is 14.5. The predicted octanol–water partition coefficient (Wildman–Crippen LogP) is 7.05. The largest absolute Gasteiger partial charge is 0.472 e. The Hall–Kier alpha value is -1.93. The van der Waals surface area contributed by atoms with Crippen LogP contribution in [0.4, 0.5) is 0 Å². The molecule has 0 amide bonds. The Labute approximate surface area is 329 Å². The van der Waals surface area contributed by atoms with Gasteiger partial charge in [-0.25, -0.2) is 4.57 Å². The van der Waals surface area contributed by atoms with Gasteiger partial charge in [0, 0.05) is 12.8 Å². The third-order valence-corrected chi connectivity index (χ3v) is 10.5. The molecule has 55 heavy (non-hydrogen) atoms. The van der Waals surface area contributed by atoms with Gasteiger partial charge in [-0.1, -0.05) is 134 Å². The van der Waals surface area contributed by atoms with Gasteiger partial charge in [0.05, 0.1) is 6.61 Å². The van der Waals surface area contributed by atoms with Crippen molar-refractivity contribution < 1.29 is 63.1 Å². The van der Waals surface area contributed by atoms with Gasteiger partial charge in [0.1, 0.15) is 43.2 Å². The van der Waals surface area contributed by atoms with Gasteiger partial charge in [-0.2, -0.15) is 0 Å². The molecule has 320 valence electrons. The molecule has 1 rings (SSSR count). The number of hydrogen-bond donors (Lipinski definition) is 6. The molecule has 0 bridgehead atoms. The van der Waals surface area contributed by atoms with Crippen LogP contribution in [0.15, 0.2) is 36.5 Å². The fourth-order valence-electron chi connectivity index (χ4n) is 6.07. The molecule has 13 nitrogen and oxygen atoms in total. The van der Waals surface area contributed by atoms with E-state index in [1.807, 2.05) is 12.2 Å². The highest BCUT2D eigenvalue weighted by molar-refractivity contribution is 7.47. The highest BCUT2D eigenvalue weighted by atomic mass is 31.2. The van der Waals surface area contributed by atoms with Gasteiger partial charge in [0.2, 0.25) is 0 Å². The molecule has 6 N–H and O–H groups in total. The third kappa shape index (κ3) is 25.1. The van der Waals surface area contributed by atoms with E-state index in [0.29, 0.717) is 19.3 Å². The summed E-state index contributed by atoms with van der Waals surface area (Å²) in [5, 5.41) is 49.9. The van der Waals surface area contributed by atoms with Crippen LogP contribution in [0, 0.1) is 0 Å². The maximum atomic E-state index is 12.7. The molecule has 1 fully saturated rings. The SMILES string of the molecule is CCCCCCCC/C=C/C/C=C/C/C=C/CCCC(=O)O[C@H](COC(=O)CCCCCCCCCCC)COP(=O)(O)OC1C(O)C(O)C(O)[C@@H](O)C1O. The molecule has 1 saturated carbocycles. The number of aliphatic hydroxyl groups excluding tert-OH is 5. The number of allylic oxidation sites excluding steroid dienone is 6. The minimum Gasteiger partial charge on any atom is -0.462 e. The summed E-state index contributed by atoms with van der Waals surface area (Å²) >= 11 is 0. The number of carbonyl (C=O) groups is 2. The molecule has 1 aliphatic rings. The smallest absolute Gasteiger partial charge is 0.462 e. The number of aliphatic hydroxyl groups is 5. The summed E-state index contributed by atoms with van der Waals surface area (Å²) in [7, 11) is -5.12. The maximum Gasteiger partial charge on any atom is 0.472 e. The fourth-order valence-corrected chi connectivity index (χ4v) is 7.04. The van der Waals surface area contributed by atoms with Gasteiger partial charge in [-0.15, -0.1) is 0 Å². The number of esters is 2. The quantitative estimate of drug-likeness (QED) is 0.0170. The van der Waals surface area contributed by atoms with E-state index in [1.165, 1.54) is 70.6 Å². The number of phosphoric ester groups is 1. The normalized spacial score (nSPS) is 23.4. The van der Waals surface area contributed by atoms with Gasteiger partial charge in [-0.05, 0) is 44.9 Å². The summed E-state index contributed by atoms with van der Waals surface area (Å²) in [6.45, 7) is 3.20. The minimum absolute atomic E-state index is 0.0261. The molecular weight excluding hydrogens is 731 g/mol. The second kappa shape index (κ2) is 32.1. The molecule has 14 heteroatoms. The number of carbonyl (C=O) groups excluding carboxylic acids is 2. The van der Waals surface area contributed by atoms with E-state index >= 15 is 0 Å². The molecule has 6 unspecified atom stereocenters. The third-order valence-electron chi connectivity index (χ3n) is 9.48. The lowest BCUT2D eigenvalue weighted by Crippen LogP contribution is -2.64. The Bertz CT molecular complexity index is 1110. The highest BCUT2D eigenvalue weighted by Gasteiger charge is 2.51. The molecule has 0 aromatic heterocycles. The summed E-state index contributed by atoms with van der Waals surface area (Å²) in [4.78, 5) is 35.4. The molecule has 0 aliphatic heterocycles. The second-order valence-corrected chi connectivity index (χ2v) is 15.9. The zero-order chi connectivity index (χ0) is 40.7. The van der Waals surface area contributed by atoms with Crippen LogP contribution < -0.4 is 0 Å². The van der Waals surface area contributed by atoms with Crippen molar-refractivity contribution in [3.8, 4) is 0 Å². The molecule has 0 spiro atoms. The Morgan fingerprint density at radius 1 is 0.564 bits per heavy atom. The number of ether oxygens (including phenoxy) is 2. The first-order valence-electron chi connectivity index (χ1n) is 20.8. The van der Waals surface area contributed by atoms with Gasteiger partial charge >= 0.3 is 19.8 Å². The lowest BCUT2D eigenvalue weighted by atomic mass is 9.85. The summed E-state index contributed by atoms with van der Waals surface area (Å²) in [6, 6.07) is 0. The van der Waals surface area contributed by atoms with E-state index in [2.05, 4.69) is 38.2 Å². The van der Waals surface area contributed by atoms with Crippen LogP contribution in [0.5, 0.6) is 0 Å². The fraction of sp³-hybridized carbons (Fsp3) is 0.805. The first-order chi connectivity index (χ1) is 26.4. The van der Waals surface area contributed by atoms with Crippen LogP contribution in [-0.4, -0.2) is 98.3 Å². The van der Waals surface area contributed by atoms with E-state index in [9.17, 15) is 44.6 Å². The Kier molecular flexibility index (Phi) is 29.8. The zero-order valence-corrected chi connectivity index (χ0v) is 34.4. The molecule has 0 aromatic rings. The lowest BCUT2D eigenvalue weighted by Gasteiger charge is -2.41. The molecule has 0 aromatic carbocycles. The lowest BCUT2D eigenvalue weighted by molar-refractivity contribution is -0.220. The van der Waals surface area contributed by atoms with Crippen LogP contribution in [0.1, 0.15) is 155 Å². The van der Waals surface area contributed by atoms with E-state index in [4.69, 9.17) is 18.5 Å². The minimum atomic E-state index is -5.12. The van der Waals surface area contributed by atoms with Crippen LogP contribution in [0.25, 0.3) is 0 Å². The summed E-state index contributed by atoms with van der Waals surface area (Å²) in [6.07, 6.45) is 20.9. The number of rotatable bonds is 33. The monoisotopic (exact) mass is 804 g/mol. The average molecular weight is 805 g/mol.